The zero-order valence-electron chi connectivity index (χ0n) is 19.1. The van der Waals surface area contributed by atoms with Gasteiger partial charge in [0.2, 0.25) is 5.91 Å². The number of benzene rings is 1. The summed E-state index contributed by atoms with van der Waals surface area (Å²) in [6, 6.07) is 8.28. The average molecular weight is 443 g/mol. The molecule has 3 N–H and O–H groups in total. The SMILES string of the molecule is CCCSC1NC(=O)C2C(NC3=C(C(=O)CC(C)(C)C3)C2c2ccc(N(C)C)cc2)N1. The number of carbonyl (C=O) groups is 2. The molecule has 1 aromatic carbocycles. The standard InChI is InChI=1S/C24H34N4O2S/c1-6-11-31-23-26-21-20(22(30)27-23)18(14-7-9-15(10-8-14)28(4)5)19-16(25-21)12-24(2,3)13-17(19)29/h7-10,18,20-21,23,25-26H,6,11-13H2,1-5H3,(H,27,30). The van der Waals surface area contributed by atoms with E-state index in [1.54, 1.807) is 11.8 Å². The van der Waals surface area contributed by atoms with Crippen LogP contribution in [-0.2, 0) is 9.59 Å². The summed E-state index contributed by atoms with van der Waals surface area (Å²) in [6.07, 6.45) is 2.20. The van der Waals surface area contributed by atoms with Crippen LogP contribution in [0, 0.1) is 11.3 Å². The molecule has 3 aliphatic rings. The first kappa shape index (κ1) is 22.2. The lowest BCUT2D eigenvalue weighted by Crippen LogP contribution is -2.68. The lowest BCUT2D eigenvalue weighted by molar-refractivity contribution is -0.130. The normalized spacial score (nSPS) is 29.6. The van der Waals surface area contributed by atoms with Crippen molar-refractivity contribution in [2.75, 3.05) is 24.7 Å². The summed E-state index contributed by atoms with van der Waals surface area (Å²) in [5, 5.41) is 10.3. The molecule has 0 spiro atoms. The fourth-order valence-electron chi connectivity index (χ4n) is 5.03. The van der Waals surface area contributed by atoms with Crippen LogP contribution in [0.1, 0.15) is 51.5 Å². The number of fused-ring (bicyclic) bond motifs is 1. The van der Waals surface area contributed by atoms with Crippen LogP contribution in [0.15, 0.2) is 35.5 Å². The van der Waals surface area contributed by atoms with Crippen molar-refractivity contribution in [3.05, 3.63) is 41.1 Å². The molecule has 1 amide bonds. The maximum atomic E-state index is 13.3. The average Bonchev–Trinajstić information content (AvgIpc) is 2.69. The van der Waals surface area contributed by atoms with E-state index in [0.717, 1.165) is 41.1 Å². The van der Waals surface area contributed by atoms with Gasteiger partial charge in [-0.15, -0.1) is 11.8 Å². The Morgan fingerprint density at radius 3 is 2.45 bits per heavy atom. The maximum Gasteiger partial charge on any atom is 0.229 e. The third-order valence-electron chi connectivity index (χ3n) is 6.44. The summed E-state index contributed by atoms with van der Waals surface area (Å²) in [5.41, 5.74) is 3.73. The van der Waals surface area contributed by atoms with Gasteiger partial charge in [0.15, 0.2) is 5.78 Å². The molecule has 1 aromatic rings. The molecule has 7 heteroatoms. The van der Waals surface area contributed by atoms with Crippen molar-refractivity contribution in [1.29, 1.82) is 0 Å². The Bertz CT molecular complexity index is 893. The van der Waals surface area contributed by atoms with E-state index < -0.39 is 0 Å². The fourth-order valence-corrected chi connectivity index (χ4v) is 5.95. The molecule has 0 saturated carbocycles. The van der Waals surface area contributed by atoms with Crippen molar-refractivity contribution in [3.8, 4) is 0 Å². The van der Waals surface area contributed by atoms with Gasteiger partial charge in [0.25, 0.3) is 0 Å². The van der Waals surface area contributed by atoms with Gasteiger partial charge in [-0.3, -0.25) is 14.9 Å². The lowest BCUT2D eigenvalue weighted by atomic mass is 9.66. The molecule has 0 aromatic heterocycles. The molecule has 4 unspecified atom stereocenters. The Morgan fingerprint density at radius 1 is 1.10 bits per heavy atom. The number of carbonyl (C=O) groups excluding carboxylic acids is 2. The van der Waals surface area contributed by atoms with E-state index in [2.05, 4.69) is 65.9 Å². The second-order valence-corrected chi connectivity index (χ2v) is 11.1. The first-order chi connectivity index (χ1) is 14.7. The summed E-state index contributed by atoms with van der Waals surface area (Å²) < 4.78 is 0. The van der Waals surface area contributed by atoms with Crippen LogP contribution in [0.5, 0.6) is 0 Å². The Morgan fingerprint density at radius 2 is 1.81 bits per heavy atom. The summed E-state index contributed by atoms with van der Waals surface area (Å²) in [5.74, 6) is 0.535. The number of ketones is 1. The van der Waals surface area contributed by atoms with Gasteiger partial charge in [0.1, 0.15) is 5.50 Å². The highest BCUT2D eigenvalue weighted by atomic mass is 32.2. The number of anilines is 1. The van der Waals surface area contributed by atoms with Gasteiger partial charge >= 0.3 is 0 Å². The molecule has 0 bridgehead atoms. The van der Waals surface area contributed by atoms with Crippen LogP contribution in [-0.4, -0.2) is 43.2 Å². The number of thioether (sulfide) groups is 1. The first-order valence-corrected chi connectivity index (χ1v) is 12.2. The molecular formula is C24H34N4O2S. The number of amides is 1. The van der Waals surface area contributed by atoms with Gasteiger partial charge in [-0.2, -0.15) is 0 Å². The van der Waals surface area contributed by atoms with Crippen molar-refractivity contribution < 1.29 is 9.59 Å². The third kappa shape index (κ3) is 4.35. The highest BCUT2D eigenvalue weighted by Gasteiger charge is 2.50. The topological polar surface area (TPSA) is 73.5 Å². The van der Waals surface area contributed by atoms with Gasteiger partial charge < -0.3 is 15.5 Å². The zero-order valence-corrected chi connectivity index (χ0v) is 19.9. The molecule has 2 heterocycles. The van der Waals surface area contributed by atoms with Gasteiger partial charge in [-0.1, -0.05) is 32.9 Å². The number of nitrogens with one attached hydrogen (secondary N) is 3. The molecule has 2 aliphatic heterocycles. The number of hydrogen-bond acceptors (Lipinski definition) is 6. The minimum Gasteiger partial charge on any atom is -0.378 e. The fraction of sp³-hybridized carbons (Fsp3) is 0.583. The first-order valence-electron chi connectivity index (χ1n) is 11.2. The molecule has 0 radical (unpaired) electrons. The van der Waals surface area contributed by atoms with Crippen molar-refractivity contribution >= 4 is 29.1 Å². The van der Waals surface area contributed by atoms with Gasteiger partial charge in [0.05, 0.1) is 12.1 Å². The molecule has 4 rings (SSSR count). The van der Waals surface area contributed by atoms with Crippen molar-refractivity contribution in [3.63, 3.8) is 0 Å². The van der Waals surface area contributed by atoms with Crippen LogP contribution < -0.4 is 20.9 Å². The molecule has 1 aliphatic carbocycles. The quantitative estimate of drug-likeness (QED) is 0.651. The number of Topliss-reactive ketones (excluding diaryl/α,β-unsaturated/α-hetero) is 1. The van der Waals surface area contributed by atoms with Crippen LogP contribution >= 0.6 is 11.8 Å². The third-order valence-corrected chi connectivity index (χ3v) is 7.67. The van der Waals surface area contributed by atoms with Crippen LogP contribution in [0.2, 0.25) is 0 Å². The van der Waals surface area contributed by atoms with E-state index in [9.17, 15) is 9.59 Å². The second-order valence-electron chi connectivity index (χ2n) is 9.87. The molecule has 1 fully saturated rings. The Kier molecular flexibility index (Phi) is 6.10. The van der Waals surface area contributed by atoms with Crippen LogP contribution in [0.25, 0.3) is 0 Å². The van der Waals surface area contributed by atoms with E-state index >= 15 is 0 Å². The van der Waals surface area contributed by atoms with E-state index in [0.29, 0.717) is 6.42 Å². The smallest absolute Gasteiger partial charge is 0.229 e. The monoisotopic (exact) mass is 442 g/mol. The largest absolute Gasteiger partial charge is 0.378 e. The molecule has 6 nitrogen and oxygen atoms in total. The predicted molar refractivity (Wildman–Crippen MR) is 127 cm³/mol. The van der Waals surface area contributed by atoms with Crippen molar-refractivity contribution in [2.45, 2.75) is 57.6 Å². The van der Waals surface area contributed by atoms with Gasteiger partial charge in [-0.25, -0.2) is 0 Å². The Balaban J connectivity index is 1.75. The predicted octanol–water partition coefficient (Wildman–Crippen LogP) is 3.17. The number of rotatable bonds is 5. The highest BCUT2D eigenvalue weighted by Crippen LogP contribution is 2.47. The number of nitrogens with zero attached hydrogens (tertiary/aromatic N) is 1. The van der Waals surface area contributed by atoms with Crippen LogP contribution in [0.3, 0.4) is 0 Å². The van der Waals surface area contributed by atoms with E-state index in [1.807, 2.05) is 14.1 Å². The zero-order chi connectivity index (χ0) is 22.3. The molecule has 1 saturated heterocycles. The molecule has 168 valence electrons. The summed E-state index contributed by atoms with van der Waals surface area (Å²) in [7, 11) is 4.02. The Hall–Kier alpha value is -1.99. The summed E-state index contributed by atoms with van der Waals surface area (Å²) in [4.78, 5) is 28.7. The van der Waals surface area contributed by atoms with E-state index in [-0.39, 0.29) is 40.6 Å². The summed E-state index contributed by atoms with van der Waals surface area (Å²) in [6.45, 7) is 6.42. The minimum absolute atomic E-state index is 0.00993. The molecule has 31 heavy (non-hydrogen) atoms. The molecular weight excluding hydrogens is 408 g/mol. The van der Waals surface area contributed by atoms with E-state index in [4.69, 9.17) is 0 Å². The number of allylic oxidation sites excluding steroid dienone is 2. The second kappa shape index (κ2) is 8.51. The van der Waals surface area contributed by atoms with Gasteiger partial charge in [-0.05, 0) is 41.7 Å². The number of hydrogen-bond donors (Lipinski definition) is 3. The Labute approximate surface area is 189 Å². The molecule has 4 atom stereocenters. The lowest BCUT2D eigenvalue weighted by Gasteiger charge is -2.48. The van der Waals surface area contributed by atoms with Crippen molar-refractivity contribution in [1.82, 2.24) is 16.0 Å². The van der Waals surface area contributed by atoms with E-state index in [1.165, 1.54) is 0 Å². The minimum atomic E-state index is -0.368. The van der Waals surface area contributed by atoms with Gasteiger partial charge in [0, 0.05) is 43.4 Å². The summed E-state index contributed by atoms with van der Waals surface area (Å²) >= 11 is 1.72. The maximum absolute atomic E-state index is 13.3. The van der Waals surface area contributed by atoms with Crippen molar-refractivity contribution in [2.24, 2.45) is 11.3 Å². The van der Waals surface area contributed by atoms with Crippen LogP contribution in [0.4, 0.5) is 5.69 Å². The highest BCUT2D eigenvalue weighted by molar-refractivity contribution is 7.99.